The molecule has 2 amide bonds. The van der Waals surface area contributed by atoms with Crippen molar-refractivity contribution in [3.8, 4) is 0 Å². The molecule has 8 heteroatoms. The minimum absolute atomic E-state index is 0.167. The number of aromatic nitrogens is 2. The molecule has 0 saturated heterocycles. The van der Waals surface area contributed by atoms with E-state index in [9.17, 15) is 9.59 Å². The number of nitrogens with one attached hydrogen (secondary N) is 2. The van der Waals surface area contributed by atoms with Gasteiger partial charge >= 0.3 is 0 Å². The third kappa shape index (κ3) is 3.94. The van der Waals surface area contributed by atoms with Gasteiger partial charge in [-0.15, -0.1) is 16.4 Å². The van der Waals surface area contributed by atoms with E-state index in [0.29, 0.717) is 23.8 Å². The van der Waals surface area contributed by atoms with Crippen molar-refractivity contribution in [2.75, 3.05) is 0 Å². The summed E-state index contributed by atoms with van der Waals surface area (Å²) in [4.78, 5) is 26.3. The zero-order chi connectivity index (χ0) is 16.2. The van der Waals surface area contributed by atoms with E-state index in [1.807, 2.05) is 24.4 Å². The standard InChI is InChI=1S/C15H18N4O2S2/c1-2-11(14(20)16-8-10-4-3-7-22-10)17-15(21)13-12(9-5-6-9)18-19-23-13/h3-4,7,9,11H,2,5-6,8H2,1H3,(H,16,20)(H,17,21). The van der Waals surface area contributed by atoms with Crippen LogP contribution in [0.2, 0.25) is 0 Å². The molecule has 3 rings (SSSR count). The lowest BCUT2D eigenvalue weighted by molar-refractivity contribution is -0.123. The molecular formula is C15H18N4O2S2. The smallest absolute Gasteiger partial charge is 0.265 e. The number of hydrogen-bond acceptors (Lipinski definition) is 6. The van der Waals surface area contributed by atoms with Gasteiger partial charge in [-0.25, -0.2) is 0 Å². The highest BCUT2D eigenvalue weighted by atomic mass is 32.1. The summed E-state index contributed by atoms with van der Waals surface area (Å²) >= 11 is 2.69. The predicted molar refractivity (Wildman–Crippen MR) is 89.6 cm³/mol. The molecule has 23 heavy (non-hydrogen) atoms. The normalized spacial score (nSPS) is 15.2. The molecular weight excluding hydrogens is 332 g/mol. The molecule has 2 aromatic heterocycles. The van der Waals surface area contributed by atoms with Gasteiger partial charge in [-0.2, -0.15) is 0 Å². The lowest BCUT2D eigenvalue weighted by Gasteiger charge is -2.16. The van der Waals surface area contributed by atoms with Gasteiger partial charge in [0.2, 0.25) is 5.91 Å². The second-order valence-electron chi connectivity index (χ2n) is 5.49. The molecule has 0 aromatic carbocycles. The quantitative estimate of drug-likeness (QED) is 0.802. The molecule has 1 saturated carbocycles. The molecule has 6 nitrogen and oxygen atoms in total. The summed E-state index contributed by atoms with van der Waals surface area (Å²) in [5, 5.41) is 11.7. The van der Waals surface area contributed by atoms with Crippen LogP contribution in [-0.2, 0) is 11.3 Å². The van der Waals surface area contributed by atoms with Crippen molar-refractivity contribution in [2.45, 2.75) is 44.7 Å². The Bertz CT molecular complexity index is 679. The van der Waals surface area contributed by atoms with E-state index < -0.39 is 6.04 Å². The Morgan fingerprint density at radius 3 is 2.91 bits per heavy atom. The van der Waals surface area contributed by atoms with Crippen molar-refractivity contribution in [1.29, 1.82) is 0 Å². The molecule has 0 aliphatic heterocycles. The van der Waals surface area contributed by atoms with Crippen molar-refractivity contribution in [3.05, 3.63) is 33.0 Å². The van der Waals surface area contributed by atoms with Gasteiger partial charge in [0.1, 0.15) is 10.9 Å². The van der Waals surface area contributed by atoms with Gasteiger partial charge in [0.15, 0.2) is 0 Å². The minimum Gasteiger partial charge on any atom is -0.349 e. The maximum atomic E-state index is 12.4. The molecule has 1 unspecified atom stereocenters. The first-order valence-corrected chi connectivity index (χ1v) is 9.27. The highest BCUT2D eigenvalue weighted by Crippen LogP contribution is 2.41. The Kier molecular flexibility index (Phi) is 5.02. The highest BCUT2D eigenvalue weighted by molar-refractivity contribution is 7.09. The summed E-state index contributed by atoms with van der Waals surface area (Å²) in [5.74, 6) is -0.0537. The summed E-state index contributed by atoms with van der Waals surface area (Å²) in [5.41, 5.74) is 0.779. The number of rotatable bonds is 7. The highest BCUT2D eigenvalue weighted by Gasteiger charge is 2.32. The maximum absolute atomic E-state index is 12.4. The summed E-state index contributed by atoms with van der Waals surface area (Å²) in [6.45, 7) is 2.36. The van der Waals surface area contributed by atoms with Crippen molar-refractivity contribution in [3.63, 3.8) is 0 Å². The van der Waals surface area contributed by atoms with Crippen LogP contribution >= 0.6 is 22.9 Å². The molecule has 1 aliphatic rings. The van der Waals surface area contributed by atoms with Crippen LogP contribution < -0.4 is 10.6 Å². The number of amides is 2. The number of hydrogen-bond donors (Lipinski definition) is 2. The molecule has 2 N–H and O–H groups in total. The van der Waals surface area contributed by atoms with E-state index in [1.54, 1.807) is 11.3 Å². The third-order valence-corrected chi connectivity index (χ3v) is 5.35. The van der Waals surface area contributed by atoms with Crippen LogP contribution in [-0.4, -0.2) is 27.4 Å². The predicted octanol–water partition coefficient (Wildman–Crippen LogP) is 2.30. The molecule has 1 atom stereocenters. The summed E-state index contributed by atoms with van der Waals surface area (Å²) in [6, 6.07) is 3.37. The van der Waals surface area contributed by atoms with Crippen LogP contribution in [0.15, 0.2) is 17.5 Å². The molecule has 1 aliphatic carbocycles. The zero-order valence-corrected chi connectivity index (χ0v) is 14.4. The molecule has 2 aromatic rings. The fourth-order valence-electron chi connectivity index (χ4n) is 2.27. The van der Waals surface area contributed by atoms with E-state index in [-0.39, 0.29) is 11.8 Å². The molecule has 0 radical (unpaired) electrons. The Morgan fingerprint density at radius 1 is 1.43 bits per heavy atom. The summed E-state index contributed by atoms with van der Waals surface area (Å²) in [6.07, 6.45) is 2.65. The summed E-state index contributed by atoms with van der Waals surface area (Å²) < 4.78 is 3.88. The fourth-order valence-corrected chi connectivity index (χ4v) is 3.56. The molecule has 1 fully saturated rings. The van der Waals surface area contributed by atoms with Crippen molar-refractivity contribution in [1.82, 2.24) is 20.2 Å². The van der Waals surface area contributed by atoms with Gasteiger partial charge in [0.25, 0.3) is 5.91 Å². The Hall–Kier alpha value is -1.80. The van der Waals surface area contributed by atoms with Gasteiger partial charge in [0, 0.05) is 10.8 Å². The van der Waals surface area contributed by atoms with Gasteiger partial charge in [-0.3, -0.25) is 9.59 Å². The molecule has 122 valence electrons. The van der Waals surface area contributed by atoms with Crippen LogP contribution in [0.3, 0.4) is 0 Å². The van der Waals surface area contributed by atoms with Crippen LogP contribution in [0.4, 0.5) is 0 Å². The van der Waals surface area contributed by atoms with E-state index >= 15 is 0 Å². The van der Waals surface area contributed by atoms with Crippen LogP contribution in [0.25, 0.3) is 0 Å². The number of carbonyl (C=O) groups excluding carboxylic acids is 2. The topological polar surface area (TPSA) is 84.0 Å². The first kappa shape index (κ1) is 16.1. The largest absolute Gasteiger partial charge is 0.349 e. The van der Waals surface area contributed by atoms with Gasteiger partial charge in [-0.1, -0.05) is 17.5 Å². The van der Waals surface area contributed by atoms with E-state index in [4.69, 9.17) is 0 Å². The van der Waals surface area contributed by atoms with Crippen LogP contribution in [0.1, 0.15) is 52.3 Å². The Balaban J connectivity index is 1.58. The SMILES string of the molecule is CCC(NC(=O)c1snnc1C1CC1)C(=O)NCc1cccs1. The number of thiophene rings is 1. The lowest BCUT2D eigenvalue weighted by Crippen LogP contribution is -2.46. The van der Waals surface area contributed by atoms with Crippen LogP contribution in [0, 0.1) is 0 Å². The van der Waals surface area contributed by atoms with Crippen LogP contribution in [0.5, 0.6) is 0 Å². The molecule has 0 spiro atoms. The average molecular weight is 350 g/mol. The lowest BCUT2D eigenvalue weighted by atomic mass is 10.2. The second kappa shape index (κ2) is 7.18. The van der Waals surface area contributed by atoms with Crippen molar-refractivity contribution < 1.29 is 9.59 Å². The fraction of sp³-hybridized carbons (Fsp3) is 0.467. The molecule has 2 heterocycles. The van der Waals surface area contributed by atoms with Gasteiger partial charge in [0.05, 0.1) is 12.2 Å². The van der Waals surface area contributed by atoms with E-state index in [2.05, 4.69) is 20.2 Å². The van der Waals surface area contributed by atoms with Gasteiger partial charge in [-0.05, 0) is 42.2 Å². The minimum atomic E-state index is -0.545. The van der Waals surface area contributed by atoms with E-state index in [0.717, 1.165) is 34.9 Å². The van der Waals surface area contributed by atoms with Crippen molar-refractivity contribution >= 4 is 34.7 Å². The first-order chi connectivity index (χ1) is 11.2. The zero-order valence-electron chi connectivity index (χ0n) is 12.7. The molecule has 0 bridgehead atoms. The van der Waals surface area contributed by atoms with Gasteiger partial charge < -0.3 is 10.6 Å². The Labute approximate surface area is 142 Å². The number of nitrogens with zero attached hydrogens (tertiary/aromatic N) is 2. The maximum Gasteiger partial charge on any atom is 0.265 e. The monoisotopic (exact) mass is 350 g/mol. The van der Waals surface area contributed by atoms with E-state index in [1.165, 1.54) is 0 Å². The third-order valence-electron chi connectivity index (χ3n) is 3.73. The Morgan fingerprint density at radius 2 is 2.26 bits per heavy atom. The average Bonchev–Trinajstić information content (AvgIpc) is 3.06. The first-order valence-electron chi connectivity index (χ1n) is 7.62. The summed E-state index contributed by atoms with van der Waals surface area (Å²) in [7, 11) is 0. The number of carbonyl (C=O) groups is 2. The van der Waals surface area contributed by atoms with Crippen molar-refractivity contribution in [2.24, 2.45) is 0 Å². The second-order valence-corrected chi connectivity index (χ2v) is 7.28.